The van der Waals surface area contributed by atoms with Gasteiger partial charge in [-0.1, -0.05) is 6.07 Å². The monoisotopic (exact) mass is 283 g/mol. The minimum Gasteiger partial charge on any atom is -0.264 e. The Kier molecular flexibility index (Phi) is 4.54. The van der Waals surface area contributed by atoms with E-state index in [9.17, 15) is 8.42 Å². The fraction of sp³-hybridized carbons (Fsp3) is 0.615. The first-order valence-electron chi connectivity index (χ1n) is 6.56. The van der Waals surface area contributed by atoms with Crippen LogP contribution in [-0.2, 0) is 16.6 Å². The SMILES string of the molecule is CN(C)S(=O)(=O)N1CCC[C@H](Cc2cccnc2)C1. The highest BCUT2D eigenvalue weighted by Crippen LogP contribution is 2.23. The molecule has 0 aromatic carbocycles. The zero-order valence-electron chi connectivity index (χ0n) is 11.5. The number of rotatable bonds is 4. The molecule has 1 aliphatic heterocycles. The first kappa shape index (κ1) is 14.4. The van der Waals surface area contributed by atoms with Crippen molar-refractivity contribution in [2.24, 2.45) is 5.92 Å². The van der Waals surface area contributed by atoms with Gasteiger partial charge in [0.2, 0.25) is 0 Å². The van der Waals surface area contributed by atoms with E-state index in [0.717, 1.165) is 19.3 Å². The van der Waals surface area contributed by atoms with Gasteiger partial charge in [0.05, 0.1) is 0 Å². The van der Waals surface area contributed by atoms with Crippen molar-refractivity contribution >= 4 is 10.2 Å². The van der Waals surface area contributed by atoms with Crippen molar-refractivity contribution in [3.05, 3.63) is 30.1 Å². The van der Waals surface area contributed by atoms with E-state index in [2.05, 4.69) is 4.98 Å². The van der Waals surface area contributed by atoms with Gasteiger partial charge < -0.3 is 0 Å². The molecule has 5 nitrogen and oxygen atoms in total. The largest absolute Gasteiger partial charge is 0.281 e. The van der Waals surface area contributed by atoms with Crippen LogP contribution >= 0.6 is 0 Å². The molecule has 19 heavy (non-hydrogen) atoms. The molecule has 0 amide bonds. The summed E-state index contributed by atoms with van der Waals surface area (Å²) in [6.07, 6.45) is 6.52. The molecule has 2 heterocycles. The summed E-state index contributed by atoms with van der Waals surface area (Å²) in [7, 11) is -0.107. The molecular weight excluding hydrogens is 262 g/mol. The molecule has 1 aromatic heterocycles. The van der Waals surface area contributed by atoms with E-state index in [1.54, 1.807) is 24.6 Å². The Bertz CT molecular complexity index is 502. The van der Waals surface area contributed by atoms with Crippen LogP contribution in [-0.4, -0.2) is 49.2 Å². The lowest BCUT2D eigenvalue weighted by Crippen LogP contribution is -2.45. The van der Waals surface area contributed by atoms with Gasteiger partial charge in [-0.2, -0.15) is 17.0 Å². The quantitative estimate of drug-likeness (QED) is 0.833. The summed E-state index contributed by atoms with van der Waals surface area (Å²) in [6, 6.07) is 3.97. The average Bonchev–Trinajstić information content (AvgIpc) is 2.40. The second-order valence-corrected chi connectivity index (χ2v) is 7.36. The zero-order valence-corrected chi connectivity index (χ0v) is 12.3. The highest BCUT2D eigenvalue weighted by atomic mass is 32.2. The first-order chi connectivity index (χ1) is 9.00. The van der Waals surface area contributed by atoms with Gasteiger partial charge in [-0.15, -0.1) is 0 Å². The van der Waals surface area contributed by atoms with E-state index < -0.39 is 10.2 Å². The Balaban J connectivity index is 2.02. The van der Waals surface area contributed by atoms with Crippen LogP contribution in [0.1, 0.15) is 18.4 Å². The predicted molar refractivity (Wildman–Crippen MR) is 74.8 cm³/mol. The molecule has 0 N–H and O–H groups in total. The molecule has 0 bridgehead atoms. The molecule has 0 unspecified atom stereocenters. The van der Waals surface area contributed by atoms with Crippen molar-refractivity contribution in [3.63, 3.8) is 0 Å². The molecule has 1 fully saturated rings. The maximum atomic E-state index is 12.1. The van der Waals surface area contributed by atoms with E-state index in [1.807, 2.05) is 18.3 Å². The molecule has 2 rings (SSSR count). The summed E-state index contributed by atoms with van der Waals surface area (Å²) < 4.78 is 27.1. The molecule has 106 valence electrons. The minimum absolute atomic E-state index is 0.382. The van der Waals surface area contributed by atoms with E-state index in [-0.39, 0.29) is 0 Å². The summed E-state index contributed by atoms with van der Waals surface area (Å²) >= 11 is 0. The number of nitrogens with zero attached hydrogens (tertiary/aromatic N) is 3. The molecule has 0 radical (unpaired) electrons. The van der Waals surface area contributed by atoms with Crippen molar-refractivity contribution in [3.8, 4) is 0 Å². The van der Waals surface area contributed by atoms with E-state index in [4.69, 9.17) is 0 Å². The van der Waals surface area contributed by atoms with Crippen LogP contribution < -0.4 is 0 Å². The highest BCUT2D eigenvalue weighted by molar-refractivity contribution is 7.86. The Morgan fingerprint density at radius 1 is 1.47 bits per heavy atom. The van der Waals surface area contributed by atoms with Gasteiger partial charge in [0, 0.05) is 39.6 Å². The van der Waals surface area contributed by atoms with Crippen LogP contribution in [0.4, 0.5) is 0 Å². The summed E-state index contributed by atoms with van der Waals surface area (Å²) in [5, 5.41) is 0. The van der Waals surface area contributed by atoms with Crippen LogP contribution in [0.25, 0.3) is 0 Å². The normalized spacial score (nSPS) is 21.7. The average molecular weight is 283 g/mol. The second kappa shape index (κ2) is 5.98. The van der Waals surface area contributed by atoms with E-state index in [0.29, 0.717) is 19.0 Å². The topological polar surface area (TPSA) is 53.5 Å². The molecule has 0 spiro atoms. The Morgan fingerprint density at radius 3 is 2.89 bits per heavy atom. The van der Waals surface area contributed by atoms with Gasteiger partial charge in [-0.25, -0.2) is 0 Å². The molecule has 0 saturated carbocycles. The molecule has 0 aliphatic carbocycles. The second-order valence-electron chi connectivity index (χ2n) is 5.22. The smallest absolute Gasteiger partial charge is 0.264 e. The maximum absolute atomic E-state index is 12.1. The summed E-state index contributed by atoms with van der Waals surface area (Å²) in [6.45, 7) is 1.24. The first-order valence-corrected chi connectivity index (χ1v) is 7.96. The van der Waals surface area contributed by atoms with Crippen molar-refractivity contribution in [2.75, 3.05) is 27.2 Å². The molecule has 1 aromatic rings. The van der Waals surface area contributed by atoms with Gasteiger partial charge in [0.15, 0.2) is 0 Å². The van der Waals surface area contributed by atoms with Crippen molar-refractivity contribution < 1.29 is 8.42 Å². The number of piperidine rings is 1. The third-order valence-corrected chi connectivity index (χ3v) is 5.42. The lowest BCUT2D eigenvalue weighted by atomic mass is 9.93. The summed E-state index contributed by atoms with van der Waals surface area (Å²) in [5.41, 5.74) is 1.18. The lowest BCUT2D eigenvalue weighted by molar-refractivity contribution is 0.254. The number of aromatic nitrogens is 1. The molecule has 1 saturated heterocycles. The van der Waals surface area contributed by atoms with Gasteiger partial charge in [0.25, 0.3) is 10.2 Å². The minimum atomic E-state index is -3.27. The number of hydrogen-bond acceptors (Lipinski definition) is 3. The molecule has 6 heteroatoms. The summed E-state index contributed by atoms with van der Waals surface area (Å²) in [4.78, 5) is 4.11. The van der Waals surface area contributed by atoms with Crippen LogP contribution in [0.5, 0.6) is 0 Å². The summed E-state index contributed by atoms with van der Waals surface area (Å²) in [5.74, 6) is 0.382. The Hall–Kier alpha value is -0.980. The third-order valence-electron chi connectivity index (χ3n) is 3.52. The van der Waals surface area contributed by atoms with Crippen LogP contribution in [0.15, 0.2) is 24.5 Å². The standard InChI is InChI=1S/C13H21N3O2S/c1-15(2)19(17,18)16-8-4-6-13(11-16)9-12-5-3-7-14-10-12/h3,5,7,10,13H,4,6,8-9,11H2,1-2H3/t13-/m1/s1. The van der Waals surface area contributed by atoms with Crippen LogP contribution in [0.3, 0.4) is 0 Å². The van der Waals surface area contributed by atoms with E-state index >= 15 is 0 Å². The molecule has 1 aliphatic rings. The van der Waals surface area contributed by atoms with Crippen molar-refractivity contribution in [1.82, 2.24) is 13.6 Å². The van der Waals surface area contributed by atoms with Crippen LogP contribution in [0.2, 0.25) is 0 Å². The fourth-order valence-corrected chi connectivity index (χ4v) is 3.71. The van der Waals surface area contributed by atoms with Crippen molar-refractivity contribution in [2.45, 2.75) is 19.3 Å². The van der Waals surface area contributed by atoms with E-state index in [1.165, 1.54) is 9.87 Å². The van der Waals surface area contributed by atoms with Crippen LogP contribution in [0, 0.1) is 5.92 Å². The Labute approximate surface area is 115 Å². The van der Waals surface area contributed by atoms with Crippen molar-refractivity contribution in [1.29, 1.82) is 0 Å². The van der Waals surface area contributed by atoms with Gasteiger partial charge in [-0.05, 0) is 36.8 Å². The fourth-order valence-electron chi connectivity index (χ4n) is 2.49. The highest BCUT2D eigenvalue weighted by Gasteiger charge is 2.30. The number of pyridine rings is 1. The van der Waals surface area contributed by atoms with Gasteiger partial charge in [-0.3, -0.25) is 4.98 Å². The van der Waals surface area contributed by atoms with Gasteiger partial charge >= 0.3 is 0 Å². The molecule has 1 atom stereocenters. The molecular formula is C13H21N3O2S. The zero-order chi connectivity index (χ0) is 13.9. The lowest BCUT2D eigenvalue weighted by Gasteiger charge is -2.33. The maximum Gasteiger partial charge on any atom is 0.281 e. The third kappa shape index (κ3) is 3.52. The van der Waals surface area contributed by atoms with Gasteiger partial charge in [0.1, 0.15) is 0 Å². The number of hydrogen-bond donors (Lipinski definition) is 0. The predicted octanol–water partition coefficient (Wildman–Crippen LogP) is 1.14. The Morgan fingerprint density at radius 2 is 2.26 bits per heavy atom.